The van der Waals surface area contributed by atoms with Crippen LogP contribution in [0.25, 0.3) is 0 Å². The van der Waals surface area contributed by atoms with Crippen molar-refractivity contribution in [1.82, 2.24) is 10.2 Å². The number of hydrogen-bond acceptors (Lipinski definition) is 6. The van der Waals surface area contributed by atoms with E-state index in [2.05, 4.69) is 5.32 Å². The maximum Gasteiger partial charge on any atom is 0.262 e. The van der Waals surface area contributed by atoms with Crippen LogP contribution in [-0.2, 0) is 25.5 Å². The van der Waals surface area contributed by atoms with Crippen LogP contribution in [0.3, 0.4) is 0 Å². The van der Waals surface area contributed by atoms with Crippen molar-refractivity contribution in [3.05, 3.63) is 34.9 Å². The summed E-state index contributed by atoms with van der Waals surface area (Å²) in [5.41, 5.74) is 1.43. The Bertz CT molecular complexity index is 806. The first-order chi connectivity index (χ1) is 14.0. The number of carbonyl (C=O) groups is 4. The largest absolute Gasteiger partial charge is 0.379 e. The number of rotatable bonds is 10. The van der Waals surface area contributed by atoms with Gasteiger partial charge >= 0.3 is 0 Å². The lowest BCUT2D eigenvalue weighted by atomic mass is 9.99. The van der Waals surface area contributed by atoms with E-state index in [0.717, 1.165) is 23.5 Å². The van der Waals surface area contributed by atoms with Crippen LogP contribution in [0.4, 0.5) is 0 Å². The summed E-state index contributed by atoms with van der Waals surface area (Å²) < 4.78 is 10.9. The van der Waals surface area contributed by atoms with E-state index in [1.165, 1.54) is 0 Å². The molecule has 8 heteroatoms. The Morgan fingerprint density at radius 3 is 2.52 bits per heavy atom. The third-order valence-electron chi connectivity index (χ3n) is 5.01. The molecule has 2 aliphatic heterocycles. The van der Waals surface area contributed by atoms with Gasteiger partial charge in [-0.15, -0.1) is 0 Å². The number of piperidine rings is 1. The van der Waals surface area contributed by atoms with Gasteiger partial charge in [0.1, 0.15) is 6.04 Å². The molecule has 4 amide bonds. The molecule has 1 aromatic carbocycles. The third-order valence-corrected chi connectivity index (χ3v) is 5.01. The molecule has 2 aliphatic rings. The Balaban J connectivity index is 1.61. The maximum absolute atomic E-state index is 13.0. The van der Waals surface area contributed by atoms with E-state index in [4.69, 9.17) is 9.47 Å². The summed E-state index contributed by atoms with van der Waals surface area (Å²) in [7, 11) is 0. The number of nitrogens with one attached hydrogen (secondary N) is 1. The van der Waals surface area contributed by atoms with Crippen LogP contribution in [0.5, 0.6) is 0 Å². The first-order valence-corrected chi connectivity index (χ1v) is 10.0. The molecule has 0 saturated carbocycles. The van der Waals surface area contributed by atoms with Gasteiger partial charge < -0.3 is 9.47 Å². The van der Waals surface area contributed by atoms with Crippen molar-refractivity contribution < 1.29 is 28.7 Å². The van der Waals surface area contributed by atoms with Crippen LogP contribution in [0.1, 0.15) is 58.9 Å². The Hall–Kier alpha value is -2.58. The van der Waals surface area contributed by atoms with E-state index in [0.29, 0.717) is 43.8 Å². The molecule has 1 aromatic rings. The number of hydrogen-bond donors (Lipinski definition) is 1. The van der Waals surface area contributed by atoms with Gasteiger partial charge in [-0.1, -0.05) is 19.1 Å². The number of amides is 4. The van der Waals surface area contributed by atoms with Crippen LogP contribution >= 0.6 is 0 Å². The van der Waals surface area contributed by atoms with E-state index < -0.39 is 23.8 Å². The van der Waals surface area contributed by atoms with E-state index in [9.17, 15) is 19.2 Å². The Morgan fingerprint density at radius 1 is 1.03 bits per heavy atom. The lowest BCUT2D eigenvalue weighted by molar-refractivity contribution is -0.136. The van der Waals surface area contributed by atoms with Gasteiger partial charge in [-0.25, -0.2) is 0 Å². The molecule has 1 saturated heterocycles. The second kappa shape index (κ2) is 9.76. The molecule has 1 fully saturated rings. The van der Waals surface area contributed by atoms with Gasteiger partial charge in [0.25, 0.3) is 11.8 Å². The minimum atomic E-state index is -0.945. The molecule has 0 aliphatic carbocycles. The standard InChI is InChI=1S/C21H26N2O6/c1-2-10-28-12-13-29-11-4-6-14-5-3-7-15-18(14)21(27)23(20(15)26)16-8-9-17(24)22-19(16)25/h3,5,7,16H,2,4,6,8-13H2,1H3,(H,22,24,25). The van der Waals surface area contributed by atoms with Crippen LogP contribution in [0.15, 0.2) is 18.2 Å². The zero-order valence-corrected chi connectivity index (χ0v) is 16.6. The summed E-state index contributed by atoms with van der Waals surface area (Å²) in [6.07, 6.45) is 2.52. The van der Waals surface area contributed by atoms with Gasteiger partial charge in [0, 0.05) is 19.6 Å². The molecule has 1 N–H and O–H groups in total. The molecule has 29 heavy (non-hydrogen) atoms. The minimum absolute atomic E-state index is 0.107. The van der Waals surface area contributed by atoms with E-state index in [1.807, 2.05) is 13.0 Å². The number of nitrogens with zero attached hydrogens (tertiary/aromatic N) is 1. The van der Waals surface area contributed by atoms with Gasteiger partial charge in [-0.2, -0.15) is 0 Å². The molecule has 1 unspecified atom stereocenters. The quantitative estimate of drug-likeness (QED) is 0.470. The molecule has 3 rings (SSSR count). The highest BCUT2D eigenvalue weighted by atomic mass is 16.5. The van der Waals surface area contributed by atoms with E-state index >= 15 is 0 Å². The van der Waals surface area contributed by atoms with Crippen LogP contribution in [0, 0.1) is 0 Å². The fourth-order valence-corrected chi connectivity index (χ4v) is 3.62. The summed E-state index contributed by atoms with van der Waals surface area (Å²) in [6.45, 7) is 4.38. The molecule has 0 aromatic heterocycles. The maximum atomic E-state index is 13.0. The average molecular weight is 402 g/mol. The molecule has 0 radical (unpaired) electrons. The average Bonchev–Trinajstić information content (AvgIpc) is 2.95. The zero-order chi connectivity index (χ0) is 20.8. The van der Waals surface area contributed by atoms with Crippen molar-refractivity contribution >= 4 is 23.6 Å². The number of aryl methyl sites for hydroxylation is 1. The minimum Gasteiger partial charge on any atom is -0.379 e. The summed E-state index contributed by atoms with van der Waals surface area (Å²) in [5, 5.41) is 2.20. The summed E-state index contributed by atoms with van der Waals surface area (Å²) in [6, 6.07) is 4.22. The van der Waals surface area contributed by atoms with Crippen molar-refractivity contribution in [2.75, 3.05) is 26.4 Å². The predicted molar refractivity (Wildman–Crippen MR) is 103 cm³/mol. The third kappa shape index (κ3) is 4.71. The highest BCUT2D eigenvalue weighted by Crippen LogP contribution is 2.30. The van der Waals surface area contributed by atoms with Crippen molar-refractivity contribution in [2.45, 2.75) is 45.1 Å². The van der Waals surface area contributed by atoms with Crippen LogP contribution < -0.4 is 5.32 Å². The molecule has 1 atom stereocenters. The predicted octanol–water partition coefficient (Wildman–Crippen LogP) is 1.46. The van der Waals surface area contributed by atoms with E-state index in [1.54, 1.807) is 12.1 Å². The van der Waals surface area contributed by atoms with Gasteiger partial charge in [0.05, 0.1) is 24.3 Å². The van der Waals surface area contributed by atoms with Crippen molar-refractivity contribution in [1.29, 1.82) is 0 Å². The number of fused-ring (bicyclic) bond motifs is 1. The summed E-state index contributed by atoms with van der Waals surface area (Å²) in [5.74, 6) is -1.94. The fourth-order valence-electron chi connectivity index (χ4n) is 3.62. The van der Waals surface area contributed by atoms with Gasteiger partial charge in [-0.3, -0.25) is 29.4 Å². The highest BCUT2D eigenvalue weighted by molar-refractivity contribution is 6.24. The van der Waals surface area contributed by atoms with Gasteiger partial charge in [0.15, 0.2) is 0 Å². The Labute approximate surface area is 169 Å². The normalized spacial score (nSPS) is 18.9. The Kier molecular flexibility index (Phi) is 7.11. The number of carbonyl (C=O) groups excluding carboxylic acids is 4. The highest BCUT2D eigenvalue weighted by Gasteiger charge is 2.45. The van der Waals surface area contributed by atoms with Crippen LogP contribution in [0.2, 0.25) is 0 Å². The van der Waals surface area contributed by atoms with Crippen molar-refractivity contribution in [3.8, 4) is 0 Å². The second-order valence-corrected chi connectivity index (χ2v) is 7.12. The molecule has 0 bridgehead atoms. The summed E-state index contributed by atoms with van der Waals surface area (Å²) >= 11 is 0. The zero-order valence-electron chi connectivity index (χ0n) is 16.6. The molecule has 156 valence electrons. The number of ether oxygens (including phenoxy) is 2. The van der Waals surface area contributed by atoms with E-state index in [-0.39, 0.29) is 18.7 Å². The lowest BCUT2D eigenvalue weighted by Crippen LogP contribution is -2.54. The monoisotopic (exact) mass is 402 g/mol. The van der Waals surface area contributed by atoms with Crippen molar-refractivity contribution in [2.24, 2.45) is 0 Å². The topological polar surface area (TPSA) is 102 Å². The fraction of sp³-hybridized carbons (Fsp3) is 0.524. The molecular formula is C21H26N2O6. The molecular weight excluding hydrogens is 376 g/mol. The first kappa shape index (κ1) is 21.1. The smallest absolute Gasteiger partial charge is 0.262 e. The van der Waals surface area contributed by atoms with Gasteiger partial charge in [0.2, 0.25) is 11.8 Å². The number of benzene rings is 1. The number of imide groups is 2. The Morgan fingerprint density at radius 2 is 1.79 bits per heavy atom. The van der Waals surface area contributed by atoms with Gasteiger partial charge in [-0.05, 0) is 37.3 Å². The second-order valence-electron chi connectivity index (χ2n) is 7.12. The molecule has 0 spiro atoms. The molecule has 2 heterocycles. The SMILES string of the molecule is CCCOCCOCCCc1cccc2c1C(=O)N(C1CCC(=O)NC1=O)C2=O. The van der Waals surface area contributed by atoms with Crippen molar-refractivity contribution in [3.63, 3.8) is 0 Å². The molecule has 8 nitrogen and oxygen atoms in total. The summed E-state index contributed by atoms with van der Waals surface area (Å²) in [4.78, 5) is 50.3. The first-order valence-electron chi connectivity index (χ1n) is 10.0. The lowest BCUT2D eigenvalue weighted by Gasteiger charge is -2.27. The van der Waals surface area contributed by atoms with Crippen LogP contribution in [-0.4, -0.2) is 61.0 Å².